The highest BCUT2D eigenvalue weighted by molar-refractivity contribution is 4.97. The van der Waals surface area contributed by atoms with Gasteiger partial charge in [-0.1, -0.05) is 13.8 Å². The molecule has 3 unspecified atom stereocenters. The zero-order chi connectivity index (χ0) is 7.90. The van der Waals surface area contributed by atoms with Crippen LogP contribution < -0.4 is 0 Å². The second-order valence-corrected chi connectivity index (χ2v) is 3.69. The summed E-state index contributed by atoms with van der Waals surface area (Å²) in [6.07, 6.45) is 2.65. The average molecular weight is 156 g/mol. The van der Waals surface area contributed by atoms with Crippen LogP contribution in [0, 0.1) is 5.92 Å². The Morgan fingerprint density at radius 1 is 1.55 bits per heavy atom. The Bertz CT molecular complexity index is 154. The predicted octanol–water partition coefficient (Wildman–Crippen LogP) is 1.59. The molecular weight excluding hydrogens is 140 g/mol. The first kappa shape index (κ1) is 7.56. The molecule has 0 aromatic heterocycles. The van der Waals surface area contributed by atoms with Crippen LogP contribution in [0.3, 0.4) is 0 Å². The van der Waals surface area contributed by atoms with E-state index in [0.717, 1.165) is 26.1 Å². The van der Waals surface area contributed by atoms with E-state index >= 15 is 0 Å². The number of hydrogen-bond donors (Lipinski definition) is 0. The Morgan fingerprint density at radius 2 is 2.36 bits per heavy atom. The van der Waals surface area contributed by atoms with Crippen molar-refractivity contribution in [3.63, 3.8) is 0 Å². The highest BCUT2D eigenvalue weighted by Crippen LogP contribution is 2.41. The maximum absolute atomic E-state index is 5.79. The Kier molecular flexibility index (Phi) is 1.69. The van der Waals surface area contributed by atoms with E-state index in [1.807, 2.05) is 0 Å². The van der Waals surface area contributed by atoms with Crippen LogP contribution in [0.25, 0.3) is 0 Å². The van der Waals surface area contributed by atoms with Crippen LogP contribution in [-0.4, -0.2) is 24.9 Å². The minimum Gasteiger partial charge on any atom is -0.375 e. The van der Waals surface area contributed by atoms with Crippen molar-refractivity contribution < 1.29 is 9.47 Å². The van der Waals surface area contributed by atoms with Gasteiger partial charge in [-0.25, -0.2) is 0 Å². The lowest BCUT2D eigenvalue weighted by atomic mass is 9.83. The van der Waals surface area contributed by atoms with E-state index in [4.69, 9.17) is 9.47 Å². The largest absolute Gasteiger partial charge is 0.375 e. The summed E-state index contributed by atoms with van der Waals surface area (Å²) in [6.45, 7) is 6.14. The molecule has 2 bridgehead atoms. The lowest BCUT2D eigenvalue weighted by molar-refractivity contribution is -0.0876. The van der Waals surface area contributed by atoms with Crippen molar-refractivity contribution >= 4 is 0 Å². The molecule has 2 rings (SSSR count). The highest BCUT2D eigenvalue weighted by Gasteiger charge is 2.49. The molecule has 2 heteroatoms. The van der Waals surface area contributed by atoms with Crippen LogP contribution in [0.5, 0.6) is 0 Å². The van der Waals surface area contributed by atoms with Gasteiger partial charge >= 0.3 is 0 Å². The highest BCUT2D eigenvalue weighted by atomic mass is 16.6. The van der Waals surface area contributed by atoms with Crippen LogP contribution in [0.4, 0.5) is 0 Å². The molecule has 0 aromatic carbocycles. The van der Waals surface area contributed by atoms with E-state index in [1.165, 1.54) is 0 Å². The zero-order valence-electron chi connectivity index (χ0n) is 7.30. The summed E-state index contributed by atoms with van der Waals surface area (Å²) >= 11 is 0. The number of ether oxygens (including phenoxy) is 2. The summed E-state index contributed by atoms with van der Waals surface area (Å²) in [5.41, 5.74) is 0.0723. The van der Waals surface area contributed by atoms with Crippen molar-refractivity contribution in [2.45, 2.75) is 38.4 Å². The molecule has 2 nitrogen and oxygen atoms in total. The number of rotatable bonds is 1. The Labute approximate surface area is 67.9 Å². The molecule has 0 amide bonds. The summed E-state index contributed by atoms with van der Waals surface area (Å²) < 4.78 is 11.5. The molecule has 2 aliphatic heterocycles. The first-order chi connectivity index (χ1) is 5.28. The fraction of sp³-hybridized carbons (Fsp3) is 1.00. The molecule has 2 fully saturated rings. The van der Waals surface area contributed by atoms with Crippen LogP contribution in [0.2, 0.25) is 0 Å². The van der Waals surface area contributed by atoms with Gasteiger partial charge in [0.2, 0.25) is 0 Å². The average Bonchev–Trinajstić information content (AvgIpc) is 2.25. The number of fused-ring (bicyclic) bond motifs is 2. The molecule has 2 aliphatic rings. The molecule has 2 heterocycles. The van der Waals surface area contributed by atoms with Crippen LogP contribution in [0.1, 0.15) is 26.7 Å². The third-order valence-corrected chi connectivity index (χ3v) is 3.32. The second-order valence-electron chi connectivity index (χ2n) is 3.69. The smallest absolute Gasteiger partial charge is 0.0962 e. The van der Waals surface area contributed by atoms with Crippen molar-refractivity contribution in [3.05, 3.63) is 0 Å². The van der Waals surface area contributed by atoms with Gasteiger partial charge in [-0.3, -0.25) is 0 Å². The summed E-state index contributed by atoms with van der Waals surface area (Å²) in [4.78, 5) is 0. The van der Waals surface area contributed by atoms with Gasteiger partial charge in [0.15, 0.2) is 0 Å². The molecule has 0 aromatic rings. The monoisotopic (exact) mass is 156 g/mol. The minimum absolute atomic E-state index is 0.0723. The molecule has 64 valence electrons. The number of hydrogen-bond acceptors (Lipinski definition) is 2. The van der Waals surface area contributed by atoms with E-state index in [1.54, 1.807) is 0 Å². The standard InChI is InChI=1S/C9H16O2/c1-3-9-6-10-8(7(9)2)4-5-11-9/h7-8H,3-6H2,1-2H3. The minimum atomic E-state index is 0.0723. The second kappa shape index (κ2) is 2.46. The molecule has 0 radical (unpaired) electrons. The van der Waals surface area contributed by atoms with Gasteiger partial charge in [0.05, 0.1) is 18.3 Å². The SMILES string of the molecule is CCC12COC(CCO1)C2C. The Balaban J connectivity index is 2.19. The van der Waals surface area contributed by atoms with Crippen molar-refractivity contribution in [1.82, 2.24) is 0 Å². The van der Waals surface area contributed by atoms with Gasteiger partial charge in [-0.2, -0.15) is 0 Å². The van der Waals surface area contributed by atoms with Gasteiger partial charge < -0.3 is 9.47 Å². The third kappa shape index (κ3) is 0.926. The van der Waals surface area contributed by atoms with Crippen molar-refractivity contribution in [2.75, 3.05) is 13.2 Å². The first-order valence-corrected chi connectivity index (χ1v) is 4.54. The molecule has 0 N–H and O–H groups in total. The maximum Gasteiger partial charge on any atom is 0.0962 e. The molecule has 11 heavy (non-hydrogen) atoms. The van der Waals surface area contributed by atoms with Crippen LogP contribution >= 0.6 is 0 Å². The van der Waals surface area contributed by atoms with Gasteiger partial charge in [0, 0.05) is 12.5 Å². The topological polar surface area (TPSA) is 18.5 Å². The Morgan fingerprint density at radius 3 is 3.00 bits per heavy atom. The van der Waals surface area contributed by atoms with Gasteiger partial charge in [0.25, 0.3) is 0 Å². The summed E-state index contributed by atoms with van der Waals surface area (Å²) in [7, 11) is 0. The van der Waals surface area contributed by atoms with Crippen molar-refractivity contribution in [1.29, 1.82) is 0 Å². The van der Waals surface area contributed by atoms with Gasteiger partial charge in [0.1, 0.15) is 0 Å². The lowest BCUT2D eigenvalue weighted by Gasteiger charge is -2.36. The maximum atomic E-state index is 5.79. The normalized spacial score (nSPS) is 49.6. The van der Waals surface area contributed by atoms with Gasteiger partial charge in [-0.15, -0.1) is 0 Å². The Hall–Kier alpha value is -0.0800. The van der Waals surface area contributed by atoms with E-state index < -0.39 is 0 Å². The molecule has 3 atom stereocenters. The van der Waals surface area contributed by atoms with E-state index in [9.17, 15) is 0 Å². The van der Waals surface area contributed by atoms with E-state index in [2.05, 4.69) is 13.8 Å². The molecule has 0 saturated carbocycles. The zero-order valence-corrected chi connectivity index (χ0v) is 7.30. The van der Waals surface area contributed by atoms with E-state index in [-0.39, 0.29) is 5.60 Å². The first-order valence-electron chi connectivity index (χ1n) is 4.54. The third-order valence-electron chi connectivity index (χ3n) is 3.32. The van der Waals surface area contributed by atoms with Crippen molar-refractivity contribution in [2.24, 2.45) is 5.92 Å². The van der Waals surface area contributed by atoms with E-state index in [0.29, 0.717) is 12.0 Å². The van der Waals surface area contributed by atoms with Crippen LogP contribution in [-0.2, 0) is 9.47 Å². The molecule has 2 saturated heterocycles. The summed E-state index contributed by atoms with van der Waals surface area (Å²) in [5, 5.41) is 0. The fourth-order valence-corrected chi connectivity index (χ4v) is 2.27. The lowest BCUT2D eigenvalue weighted by Crippen LogP contribution is -2.44. The summed E-state index contributed by atoms with van der Waals surface area (Å²) in [5.74, 6) is 0.598. The fourth-order valence-electron chi connectivity index (χ4n) is 2.27. The molecule has 0 spiro atoms. The molecule has 0 aliphatic carbocycles. The summed E-state index contributed by atoms with van der Waals surface area (Å²) in [6, 6.07) is 0. The van der Waals surface area contributed by atoms with Crippen LogP contribution in [0.15, 0.2) is 0 Å². The molecular formula is C9H16O2. The van der Waals surface area contributed by atoms with Gasteiger partial charge in [-0.05, 0) is 12.8 Å². The van der Waals surface area contributed by atoms with Crippen molar-refractivity contribution in [3.8, 4) is 0 Å². The predicted molar refractivity (Wildman–Crippen MR) is 42.5 cm³/mol. The quantitative estimate of drug-likeness (QED) is 0.574.